The van der Waals surface area contributed by atoms with Crippen LogP contribution in [0.4, 0.5) is 10.5 Å². The number of aryl methyl sites for hydroxylation is 2. The number of nitrogens with one attached hydrogen (secondary N) is 2. The maximum atomic E-state index is 11.8. The zero-order valence-electron chi connectivity index (χ0n) is 13.0. The third-order valence-electron chi connectivity index (χ3n) is 3.16. The van der Waals surface area contributed by atoms with Gasteiger partial charge in [-0.1, -0.05) is 39.7 Å². The van der Waals surface area contributed by atoms with Gasteiger partial charge in [0.2, 0.25) is 0 Å². The van der Waals surface area contributed by atoms with Crippen LogP contribution in [0.15, 0.2) is 40.9 Å². The Kier molecular flexibility index (Phi) is 6.30. The topological polar surface area (TPSA) is 50.4 Å². The van der Waals surface area contributed by atoms with E-state index in [2.05, 4.69) is 26.6 Å². The van der Waals surface area contributed by atoms with Crippen LogP contribution in [0.5, 0.6) is 5.75 Å². The molecule has 2 rings (SSSR count). The zero-order chi connectivity index (χ0) is 16.8. The fourth-order valence-electron chi connectivity index (χ4n) is 1.89. The zero-order valence-corrected chi connectivity index (χ0v) is 15.3. The Morgan fingerprint density at radius 1 is 1.22 bits per heavy atom. The van der Waals surface area contributed by atoms with Gasteiger partial charge in [-0.25, -0.2) is 4.79 Å². The smallest absolute Gasteiger partial charge is 0.319 e. The van der Waals surface area contributed by atoms with Gasteiger partial charge in [0.05, 0.1) is 11.6 Å². The van der Waals surface area contributed by atoms with Gasteiger partial charge in [0.15, 0.2) is 0 Å². The summed E-state index contributed by atoms with van der Waals surface area (Å²) < 4.78 is 6.52. The van der Waals surface area contributed by atoms with E-state index in [0.29, 0.717) is 23.9 Å². The molecule has 0 saturated carbocycles. The summed E-state index contributed by atoms with van der Waals surface area (Å²) in [6.45, 7) is 4.67. The lowest BCUT2D eigenvalue weighted by Crippen LogP contribution is -2.32. The van der Waals surface area contributed by atoms with Crippen LogP contribution in [0.2, 0.25) is 5.02 Å². The summed E-state index contributed by atoms with van der Waals surface area (Å²) in [6.07, 6.45) is 0. The molecule has 23 heavy (non-hydrogen) atoms. The third-order valence-corrected chi connectivity index (χ3v) is 4.33. The van der Waals surface area contributed by atoms with E-state index in [1.165, 1.54) is 0 Å². The van der Waals surface area contributed by atoms with E-state index in [4.69, 9.17) is 16.3 Å². The van der Waals surface area contributed by atoms with E-state index < -0.39 is 0 Å². The van der Waals surface area contributed by atoms with Crippen molar-refractivity contribution in [1.82, 2.24) is 5.32 Å². The average Bonchev–Trinajstić information content (AvgIpc) is 2.51. The largest absolute Gasteiger partial charge is 0.490 e. The Bertz CT molecular complexity index is 707. The molecule has 2 amide bonds. The number of carbonyl (C=O) groups is 1. The molecule has 0 bridgehead atoms. The van der Waals surface area contributed by atoms with Crippen molar-refractivity contribution in [1.29, 1.82) is 0 Å². The SMILES string of the molecule is Cc1ccc(Cl)c(OCCNC(=O)Nc2ccc(C)c(Br)c2)c1. The molecule has 0 aliphatic carbocycles. The summed E-state index contributed by atoms with van der Waals surface area (Å²) in [5.74, 6) is 0.622. The monoisotopic (exact) mass is 396 g/mol. The maximum absolute atomic E-state index is 11.8. The molecular weight excluding hydrogens is 380 g/mol. The summed E-state index contributed by atoms with van der Waals surface area (Å²) in [6, 6.07) is 10.9. The highest BCUT2D eigenvalue weighted by molar-refractivity contribution is 9.10. The van der Waals surface area contributed by atoms with Crippen molar-refractivity contribution in [2.24, 2.45) is 0 Å². The quantitative estimate of drug-likeness (QED) is 0.704. The van der Waals surface area contributed by atoms with Crippen LogP contribution in [0.1, 0.15) is 11.1 Å². The minimum Gasteiger partial charge on any atom is -0.490 e. The summed E-state index contributed by atoms with van der Waals surface area (Å²) in [4.78, 5) is 11.8. The molecule has 0 spiro atoms. The predicted octanol–water partition coefficient (Wildman–Crippen LogP) is 4.92. The summed E-state index contributed by atoms with van der Waals surface area (Å²) in [5, 5.41) is 6.06. The first-order valence-electron chi connectivity index (χ1n) is 7.15. The Hall–Kier alpha value is -1.72. The second-order valence-corrected chi connectivity index (χ2v) is 6.39. The lowest BCUT2D eigenvalue weighted by atomic mass is 10.2. The van der Waals surface area contributed by atoms with E-state index in [1.54, 1.807) is 6.07 Å². The molecule has 4 nitrogen and oxygen atoms in total. The van der Waals surface area contributed by atoms with Gasteiger partial charge < -0.3 is 15.4 Å². The molecule has 2 aromatic carbocycles. The van der Waals surface area contributed by atoms with Crippen LogP contribution in [0.25, 0.3) is 0 Å². The Morgan fingerprint density at radius 2 is 2.00 bits per heavy atom. The van der Waals surface area contributed by atoms with E-state index in [1.807, 2.05) is 44.2 Å². The number of rotatable bonds is 5. The fourth-order valence-corrected chi connectivity index (χ4v) is 2.44. The highest BCUT2D eigenvalue weighted by Gasteiger charge is 2.04. The molecule has 2 aromatic rings. The second-order valence-electron chi connectivity index (χ2n) is 5.13. The van der Waals surface area contributed by atoms with Crippen molar-refractivity contribution in [2.45, 2.75) is 13.8 Å². The Balaban J connectivity index is 1.76. The van der Waals surface area contributed by atoms with Gasteiger partial charge in [-0.3, -0.25) is 0 Å². The number of urea groups is 1. The second kappa shape index (κ2) is 8.22. The van der Waals surface area contributed by atoms with Crippen LogP contribution in [-0.2, 0) is 0 Å². The molecule has 0 aromatic heterocycles. The fraction of sp³-hybridized carbons (Fsp3) is 0.235. The first kappa shape index (κ1) is 17.6. The van der Waals surface area contributed by atoms with Gasteiger partial charge in [0, 0.05) is 10.2 Å². The van der Waals surface area contributed by atoms with Crippen molar-refractivity contribution in [3.05, 3.63) is 57.0 Å². The number of anilines is 1. The standard InChI is InChI=1S/C17H18BrClN2O2/c1-11-3-6-15(19)16(9-11)23-8-7-20-17(22)21-13-5-4-12(2)14(18)10-13/h3-6,9-10H,7-8H2,1-2H3,(H2,20,21,22). The molecule has 0 aliphatic rings. The van der Waals surface area contributed by atoms with E-state index in [-0.39, 0.29) is 6.03 Å². The minimum absolute atomic E-state index is 0.278. The minimum atomic E-state index is -0.278. The van der Waals surface area contributed by atoms with E-state index in [0.717, 1.165) is 21.3 Å². The molecule has 122 valence electrons. The molecule has 0 aliphatic heterocycles. The number of hydrogen-bond donors (Lipinski definition) is 2. The normalized spacial score (nSPS) is 10.3. The summed E-state index contributed by atoms with van der Waals surface area (Å²) in [5.41, 5.74) is 2.90. The van der Waals surface area contributed by atoms with Crippen molar-refractivity contribution in [2.75, 3.05) is 18.5 Å². The van der Waals surface area contributed by atoms with Crippen molar-refractivity contribution >= 4 is 39.2 Å². The van der Waals surface area contributed by atoms with Gasteiger partial charge in [-0.05, 0) is 49.2 Å². The summed E-state index contributed by atoms with van der Waals surface area (Å²) >= 11 is 9.48. The number of amides is 2. The van der Waals surface area contributed by atoms with Gasteiger partial charge in [-0.15, -0.1) is 0 Å². The van der Waals surface area contributed by atoms with Crippen LogP contribution < -0.4 is 15.4 Å². The third kappa shape index (κ3) is 5.44. The Labute approximate surface area is 149 Å². The molecule has 0 atom stereocenters. The first-order valence-corrected chi connectivity index (χ1v) is 8.33. The van der Waals surface area contributed by atoms with Crippen molar-refractivity contribution in [3.8, 4) is 5.75 Å². The molecule has 0 radical (unpaired) electrons. The van der Waals surface area contributed by atoms with E-state index >= 15 is 0 Å². The number of carbonyl (C=O) groups excluding carboxylic acids is 1. The molecular formula is C17H18BrClN2O2. The molecule has 0 unspecified atom stereocenters. The molecule has 0 saturated heterocycles. The molecule has 6 heteroatoms. The number of ether oxygens (including phenoxy) is 1. The number of benzene rings is 2. The first-order chi connectivity index (χ1) is 11.0. The van der Waals surface area contributed by atoms with Gasteiger partial charge >= 0.3 is 6.03 Å². The predicted molar refractivity (Wildman–Crippen MR) is 97.6 cm³/mol. The Morgan fingerprint density at radius 3 is 2.74 bits per heavy atom. The van der Waals surface area contributed by atoms with Crippen molar-refractivity contribution in [3.63, 3.8) is 0 Å². The lowest BCUT2D eigenvalue weighted by Gasteiger charge is -2.11. The van der Waals surface area contributed by atoms with Crippen LogP contribution >= 0.6 is 27.5 Å². The van der Waals surface area contributed by atoms with Crippen LogP contribution in [0, 0.1) is 13.8 Å². The number of hydrogen-bond acceptors (Lipinski definition) is 2. The highest BCUT2D eigenvalue weighted by atomic mass is 79.9. The lowest BCUT2D eigenvalue weighted by molar-refractivity contribution is 0.247. The van der Waals surface area contributed by atoms with Gasteiger partial charge in [0.1, 0.15) is 12.4 Å². The van der Waals surface area contributed by atoms with Crippen LogP contribution in [0.3, 0.4) is 0 Å². The van der Waals surface area contributed by atoms with Gasteiger partial charge in [0.25, 0.3) is 0 Å². The van der Waals surface area contributed by atoms with E-state index in [9.17, 15) is 4.79 Å². The molecule has 0 fully saturated rings. The molecule has 0 heterocycles. The average molecular weight is 398 g/mol. The van der Waals surface area contributed by atoms with Crippen molar-refractivity contribution < 1.29 is 9.53 Å². The summed E-state index contributed by atoms with van der Waals surface area (Å²) in [7, 11) is 0. The van der Waals surface area contributed by atoms with Gasteiger partial charge in [-0.2, -0.15) is 0 Å². The maximum Gasteiger partial charge on any atom is 0.319 e. The molecule has 2 N–H and O–H groups in total. The number of halogens is 2. The highest BCUT2D eigenvalue weighted by Crippen LogP contribution is 2.25. The van der Waals surface area contributed by atoms with Crippen LogP contribution in [-0.4, -0.2) is 19.2 Å².